The molecule has 0 bridgehead atoms. The highest BCUT2D eigenvalue weighted by Crippen LogP contribution is 2.45. The molecule has 0 amide bonds. The first-order valence-corrected chi connectivity index (χ1v) is 46.0. The highest BCUT2D eigenvalue weighted by Gasteiger charge is 2.30. The van der Waals surface area contributed by atoms with Gasteiger partial charge in [0.25, 0.3) is 0 Å². The number of carbonyl (C=O) groups is 4. The van der Waals surface area contributed by atoms with Gasteiger partial charge in [-0.1, -0.05) is 388 Å². The van der Waals surface area contributed by atoms with Gasteiger partial charge in [0.1, 0.15) is 19.3 Å². The fourth-order valence-electron chi connectivity index (χ4n) is 12.9. The molecule has 0 spiro atoms. The van der Waals surface area contributed by atoms with Crippen molar-refractivity contribution in [3.05, 3.63) is 0 Å². The summed E-state index contributed by atoms with van der Waals surface area (Å²) in [5, 5.41) is 10.6. The van der Waals surface area contributed by atoms with Crippen molar-refractivity contribution in [2.24, 2.45) is 11.8 Å². The molecule has 0 radical (unpaired) electrons. The minimum Gasteiger partial charge on any atom is -0.462 e. The summed E-state index contributed by atoms with van der Waals surface area (Å²) in [5.41, 5.74) is 0. The van der Waals surface area contributed by atoms with E-state index in [-0.39, 0.29) is 25.7 Å². The van der Waals surface area contributed by atoms with E-state index in [9.17, 15) is 43.2 Å². The van der Waals surface area contributed by atoms with Crippen molar-refractivity contribution in [3.8, 4) is 0 Å². The number of aliphatic hydroxyl groups excluding tert-OH is 1. The zero-order chi connectivity index (χ0) is 74.9. The van der Waals surface area contributed by atoms with Crippen LogP contribution in [-0.2, 0) is 65.4 Å². The highest BCUT2D eigenvalue weighted by molar-refractivity contribution is 7.47. The van der Waals surface area contributed by atoms with Gasteiger partial charge in [0, 0.05) is 25.7 Å². The third-order valence-electron chi connectivity index (χ3n) is 19.5. The number of hydrogen-bond acceptors (Lipinski definition) is 15. The number of rotatable bonds is 82. The molecule has 0 aliphatic carbocycles. The smallest absolute Gasteiger partial charge is 0.462 e. The van der Waals surface area contributed by atoms with Crippen molar-refractivity contribution in [1.29, 1.82) is 0 Å². The molecule has 0 aromatic carbocycles. The van der Waals surface area contributed by atoms with E-state index >= 15 is 0 Å². The van der Waals surface area contributed by atoms with Crippen molar-refractivity contribution in [1.82, 2.24) is 0 Å². The van der Waals surface area contributed by atoms with Crippen molar-refractivity contribution >= 4 is 39.5 Å². The molecule has 0 fully saturated rings. The van der Waals surface area contributed by atoms with Crippen molar-refractivity contribution in [2.45, 2.75) is 458 Å². The van der Waals surface area contributed by atoms with Gasteiger partial charge in [-0.15, -0.1) is 0 Å². The summed E-state index contributed by atoms with van der Waals surface area (Å²) in [6.07, 6.45) is 65.4. The molecule has 102 heavy (non-hydrogen) atoms. The molecule has 0 heterocycles. The van der Waals surface area contributed by atoms with Crippen LogP contribution in [0.1, 0.15) is 440 Å². The molecular formula is C83H162O17P2. The molecule has 0 aliphatic heterocycles. The Hall–Kier alpha value is -1.94. The first kappa shape index (κ1) is 100. The third-order valence-corrected chi connectivity index (χ3v) is 21.4. The third kappa shape index (κ3) is 76.3. The molecule has 2 unspecified atom stereocenters. The quantitative estimate of drug-likeness (QED) is 0.0222. The molecular weight excluding hydrogens is 1330 g/mol. The van der Waals surface area contributed by atoms with E-state index in [2.05, 4.69) is 41.5 Å². The number of hydrogen-bond donors (Lipinski definition) is 3. The second-order valence-corrected chi connectivity index (χ2v) is 33.7. The molecule has 0 aromatic rings. The Kier molecular flexibility index (Phi) is 73.1. The Morgan fingerprint density at radius 3 is 0.667 bits per heavy atom. The van der Waals surface area contributed by atoms with Gasteiger partial charge in [0.2, 0.25) is 0 Å². The van der Waals surface area contributed by atoms with Crippen LogP contribution in [-0.4, -0.2) is 96.7 Å². The summed E-state index contributed by atoms with van der Waals surface area (Å²) in [6, 6.07) is 0. The van der Waals surface area contributed by atoms with Crippen LogP contribution in [0.4, 0.5) is 0 Å². The fraction of sp³-hybridized carbons (Fsp3) is 0.952. The number of ether oxygens (including phenoxy) is 4. The summed E-state index contributed by atoms with van der Waals surface area (Å²) < 4.78 is 68.7. The first-order chi connectivity index (χ1) is 49.4. The number of phosphoric ester groups is 2. The molecule has 0 aliphatic rings. The van der Waals surface area contributed by atoms with Crippen LogP contribution in [0.2, 0.25) is 0 Å². The normalized spacial score (nSPS) is 13.9. The number of phosphoric acid groups is 2. The molecule has 0 aromatic heterocycles. The van der Waals surface area contributed by atoms with Crippen LogP contribution in [0.15, 0.2) is 0 Å². The SMILES string of the molecule is CCCCCCCCCCCCCCCCCCCCCCCCC(=O)O[C@H](COC(=O)CCCCCCCCCCCCCCCCCC(C)C)COP(=O)(O)OC[C@@H](O)COP(=O)(O)OC[C@@H](COC(=O)CCCCCCCCCC(C)C)OC(=O)CCCCCCCCCCCCCC. The maximum absolute atomic E-state index is 13.1. The van der Waals surface area contributed by atoms with E-state index in [0.29, 0.717) is 31.6 Å². The number of esters is 4. The molecule has 0 rings (SSSR count). The second kappa shape index (κ2) is 74.5. The lowest BCUT2D eigenvalue weighted by Gasteiger charge is -2.21. The maximum atomic E-state index is 13.1. The lowest BCUT2D eigenvalue weighted by molar-refractivity contribution is -0.161. The predicted molar refractivity (Wildman–Crippen MR) is 418 cm³/mol. The Labute approximate surface area is 626 Å². The van der Waals surface area contributed by atoms with Crippen LogP contribution in [0.25, 0.3) is 0 Å². The fourth-order valence-corrected chi connectivity index (χ4v) is 14.5. The van der Waals surface area contributed by atoms with E-state index in [4.69, 9.17) is 37.0 Å². The van der Waals surface area contributed by atoms with Crippen LogP contribution < -0.4 is 0 Å². The van der Waals surface area contributed by atoms with Gasteiger partial charge in [-0.05, 0) is 37.5 Å². The highest BCUT2D eigenvalue weighted by atomic mass is 31.2. The average Bonchev–Trinajstić information content (AvgIpc) is 0.932. The Balaban J connectivity index is 5.20. The lowest BCUT2D eigenvalue weighted by Crippen LogP contribution is -2.30. The molecule has 606 valence electrons. The molecule has 19 heteroatoms. The van der Waals surface area contributed by atoms with Gasteiger partial charge in [0.05, 0.1) is 26.4 Å². The van der Waals surface area contributed by atoms with Gasteiger partial charge in [-0.25, -0.2) is 9.13 Å². The molecule has 0 saturated heterocycles. The number of unbranched alkanes of at least 4 members (excludes halogenated alkanes) is 52. The van der Waals surface area contributed by atoms with E-state index in [0.717, 1.165) is 102 Å². The van der Waals surface area contributed by atoms with E-state index < -0.39 is 97.5 Å². The van der Waals surface area contributed by atoms with Crippen molar-refractivity contribution in [3.63, 3.8) is 0 Å². The van der Waals surface area contributed by atoms with E-state index in [1.807, 2.05) is 0 Å². The van der Waals surface area contributed by atoms with Gasteiger partial charge >= 0.3 is 39.5 Å². The largest absolute Gasteiger partial charge is 0.472 e. The van der Waals surface area contributed by atoms with Gasteiger partial charge in [-0.3, -0.25) is 37.3 Å². The summed E-state index contributed by atoms with van der Waals surface area (Å²) in [6.45, 7) is 9.61. The number of carbonyl (C=O) groups excluding carboxylic acids is 4. The lowest BCUT2D eigenvalue weighted by atomic mass is 10.0. The van der Waals surface area contributed by atoms with Crippen LogP contribution in [0, 0.1) is 11.8 Å². The summed E-state index contributed by atoms with van der Waals surface area (Å²) in [7, 11) is -9.92. The topological polar surface area (TPSA) is 237 Å². The monoisotopic (exact) mass is 1490 g/mol. The van der Waals surface area contributed by atoms with Crippen molar-refractivity contribution < 1.29 is 80.2 Å². The standard InChI is InChI=1S/C83H162O17P2/c1-7-9-11-13-15-17-19-21-22-23-24-25-26-27-28-31-35-39-43-49-56-62-68-83(88)99-78(71-93-80(85)65-59-53-47-41-38-34-32-29-30-33-36-40-45-51-57-63-75(3)4)73-97-101(89,90)95-69-77(84)70-96-102(91,92)98-74-79(72-94-81(86)66-60-54-50-44-46-52-58-64-76(5)6)100-82(87)67-61-55-48-42-37-20-18-16-14-12-10-8-2/h75-79,84H,7-74H2,1-6H3,(H,89,90)(H,91,92)/t77-,78-,79-/m1/s1. The molecule has 3 N–H and O–H groups in total. The average molecular weight is 1490 g/mol. The van der Waals surface area contributed by atoms with Crippen LogP contribution in [0.5, 0.6) is 0 Å². The maximum Gasteiger partial charge on any atom is 0.472 e. The zero-order valence-electron chi connectivity index (χ0n) is 66.9. The Morgan fingerprint density at radius 1 is 0.265 bits per heavy atom. The second-order valence-electron chi connectivity index (χ2n) is 30.8. The van der Waals surface area contributed by atoms with Gasteiger partial charge < -0.3 is 33.8 Å². The van der Waals surface area contributed by atoms with Gasteiger partial charge in [-0.2, -0.15) is 0 Å². The van der Waals surface area contributed by atoms with E-state index in [1.54, 1.807) is 0 Å². The van der Waals surface area contributed by atoms with Gasteiger partial charge in [0.15, 0.2) is 12.2 Å². The summed E-state index contributed by atoms with van der Waals surface area (Å²) in [5.74, 6) is -0.596. The Morgan fingerprint density at radius 2 is 0.451 bits per heavy atom. The summed E-state index contributed by atoms with van der Waals surface area (Å²) >= 11 is 0. The summed E-state index contributed by atoms with van der Waals surface area (Å²) in [4.78, 5) is 73.0. The predicted octanol–water partition coefficient (Wildman–Crippen LogP) is 25.1. The van der Waals surface area contributed by atoms with E-state index in [1.165, 1.54) is 250 Å². The molecule has 17 nitrogen and oxygen atoms in total. The first-order valence-electron chi connectivity index (χ1n) is 43.0. The molecule has 0 saturated carbocycles. The van der Waals surface area contributed by atoms with Crippen molar-refractivity contribution in [2.75, 3.05) is 39.6 Å². The zero-order valence-corrected chi connectivity index (χ0v) is 68.7. The Bertz CT molecular complexity index is 1960. The van der Waals surface area contributed by atoms with Crippen LogP contribution in [0.3, 0.4) is 0 Å². The minimum absolute atomic E-state index is 0.107. The number of aliphatic hydroxyl groups is 1. The molecule has 5 atom stereocenters. The minimum atomic E-state index is -4.96. The van der Waals surface area contributed by atoms with Crippen LogP contribution >= 0.6 is 15.6 Å².